The molecule has 1 atom stereocenters. The van der Waals surface area contributed by atoms with Gasteiger partial charge in [-0.15, -0.1) is 0 Å². The van der Waals surface area contributed by atoms with Gasteiger partial charge in [-0.05, 0) is 49.7 Å². The number of amides is 1. The molecule has 1 aliphatic rings. The van der Waals surface area contributed by atoms with Crippen LogP contribution in [0.15, 0.2) is 40.9 Å². The number of rotatable bonds is 5. The number of anilines is 1. The minimum Gasteiger partial charge on any atom is -0.490 e. The van der Waals surface area contributed by atoms with Gasteiger partial charge in [0.25, 0.3) is 0 Å². The number of carbonyl (C=O) groups is 2. The van der Waals surface area contributed by atoms with Crippen molar-refractivity contribution in [1.29, 1.82) is 5.26 Å². The van der Waals surface area contributed by atoms with Crippen LogP contribution in [-0.4, -0.2) is 25.0 Å². The van der Waals surface area contributed by atoms with Gasteiger partial charge in [0, 0.05) is 29.2 Å². The van der Waals surface area contributed by atoms with Crippen molar-refractivity contribution >= 4 is 33.5 Å². The number of aryl methyl sites for hydroxylation is 1. The minimum atomic E-state index is -0.568. The Bertz CT molecular complexity index is 967. The van der Waals surface area contributed by atoms with Crippen molar-refractivity contribution in [3.8, 4) is 17.6 Å². The number of hydrogen-bond donors (Lipinski definition) is 0. The number of carbonyl (C=O) groups excluding carboxylic acids is 2. The number of halogens is 1. The number of nitrogens with zero attached hydrogens (tertiary/aromatic N) is 2. The lowest BCUT2D eigenvalue weighted by atomic mass is 10.1. The van der Waals surface area contributed by atoms with Gasteiger partial charge in [0.05, 0.1) is 24.2 Å². The number of esters is 1. The fourth-order valence-electron chi connectivity index (χ4n) is 3.03. The van der Waals surface area contributed by atoms with Gasteiger partial charge in [0.1, 0.15) is 0 Å². The first-order chi connectivity index (χ1) is 13.4. The molecule has 1 amide bonds. The van der Waals surface area contributed by atoms with E-state index < -0.39 is 11.9 Å². The van der Waals surface area contributed by atoms with Crippen LogP contribution in [0.2, 0.25) is 0 Å². The van der Waals surface area contributed by atoms with Crippen LogP contribution in [-0.2, 0) is 9.59 Å². The molecule has 0 N–H and O–H groups in total. The van der Waals surface area contributed by atoms with Crippen molar-refractivity contribution in [3.05, 3.63) is 52.0 Å². The average Bonchev–Trinajstić information content (AvgIpc) is 3.07. The summed E-state index contributed by atoms with van der Waals surface area (Å²) in [5.74, 6) is -0.596. The third-order valence-corrected chi connectivity index (χ3v) is 5.38. The molecule has 144 valence electrons. The average molecular weight is 443 g/mol. The number of benzene rings is 2. The second kappa shape index (κ2) is 8.44. The van der Waals surface area contributed by atoms with Crippen LogP contribution in [0, 0.1) is 24.2 Å². The largest absolute Gasteiger partial charge is 0.490 e. The summed E-state index contributed by atoms with van der Waals surface area (Å²) in [6, 6.07) is 12.3. The first-order valence-electron chi connectivity index (χ1n) is 8.88. The van der Waals surface area contributed by atoms with Crippen molar-refractivity contribution in [1.82, 2.24) is 0 Å². The van der Waals surface area contributed by atoms with Gasteiger partial charge in [0.15, 0.2) is 11.5 Å². The summed E-state index contributed by atoms with van der Waals surface area (Å²) in [6.07, 6.45) is 0.0915. The Hall–Kier alpha value is -2.85. The molecule has 28 heavy (non-hydrogen) atoms. The Balaban J connectivity index is 1.75. The predicted octanol–water partition coefficient (Wildman–Crippen LogP) is 3.99. The number of nitriles is 1. The number of hydrogen-bond acceptors (Lipinski definition) is 5. The van der Waals surface area contributed by atoms with Crippen LogP contribution in [0.1, 0.15) is 24.5 Å². The fraction of sp³-hybridized carbons (Fsp3) is 0.286. The normalized spacial score (nSPS) is 16.0. The molecule has 0 bridgehead atoms. The molecule has 6 nitrogen and oxygen atoms in total. The predicted molar refractivity (Wildman–Crippen MR) is 107 cm³/mol. The standard InChI is InChI=1S/C21H19BrN2O4/c1-3-27-19-9-14(11-23)4-7-18(19)28-21(26)15-10-20(25)24(12-15)16-5-6-17(22)13(2)8-16/h4-9,15H,3,10,12H2,1-2H3. The lowest BCUT2D eigenvalue weighted by Gasteiger charge is -2.18. The summed E-state index contributed by atoms with van der Waals surface area (Å²) in [5.41, 5.74) is 2.18. The molecule has 1 unspecified atom stereocenters. The van der Waals surface area contributed by atoms with Crippen molar-refractivity contribution in [2.24, 2.45) is 5.92 Å². The third-order valence-electron chi connectivity index (χ3n) is 4.49. The molecule has 0 saturated carbocycles. The first kappa shape index (κ1) is 19.9. The molecular formula is C21H19BrN2O4. The zero-order chi connectivity index (χ0) is 20.3. The van der Waals surface area contributed by atoms with E-state index in [4.69, 9.17) is 14.7 Å². The minimum absolute atomic E-state index is 0.0915. The third kappa shape index (κ3) is 4.18. The van der Waals surface area contributed by atoms with Gasteiger partial charge in [-0.2, -0.15) is 5.26 Å². The highest BCUT2D eigenvalue weighted by Gasteiger charge is 2.36. The van der Waals surface area contributed by atoms with E-state index in [1.54, 1.807) is 17.9 Å². The Morgan fingerprint density at radius 3 is 2.75 bits per heavy atom. The van der Waals surface area contributed by atoms with Gasteiger partial charge in [0.2, 0.25) is 5.91 Å². The SMILES string of the molecule is CCOc1cc(C#N)ccc1OC(=O)C1CC(=O)N(c2ccc(Br)c(C)c2)C1. The summed E-state index contributed by atoms with van der Waals surface area (Å²) >= 11 is 3.45. The molecule has 0 aromatic heterocycles. The zero-order valence-corrected chi connectivity index (χ0v) is 17.2. The molecule has 0 aliphatic carbocycles. The summed E-state index contributed by atoms with van der Waals surface area (Å²) in [5, 5.41) is 9.02. The first-order valence-corrected chi connectivity index (χ1v) is 9.67. The smallest absolute Gasteiger partial charge is 0.316 e. The van der Waals surface area contributed by atoms with Crippen molar-refractivity contribution in [3.63, 3.8) is 0 Å². The van der Waals surface area contributed by atoms with Crippen LogP contribution in [0.3, 0.4) is 0 Å². The maximum absolute atomic E-state index is 12.6. The fourth-order valence-corrected chi connectivity index (χ4v) is 3.28. The second-order valence-electron chi connectivity index (χ2n) is 6.47. The maximum Gasteiger partial charge on any atom is 0.316 e. The van der Waals surface area contributed by atoms with E-state index in [0.717, 1.165) is 15.7 Å². The highest BCUT2D eigenvalue weighted by atomic mass is 79.9. The van der Waals surface area contributed by atoms with E-state index in [0.29, 0.717) is 17.9 Å². The molecule has 1 saturated heterocycles. The van der Waals surface area contributed by atoms with Crippen LogP contribution in [0.4, 0.5) is 5.69 Å². The molecule has 2 aromatic carbocycles. The van der Waals surface area contributed by atoms with Crippen LogP contribution in [0.25, 0.3) is 0 Å². The van der Waals surface area contributed by atoms with E-state index >= 15 is 0 Å². The van der Waals surface area contributed by atoms with Gasteiger partial charge < -0.3 is 14.4 Å². The van der Waals surface area contributed by atoms with E-state index in [9.17, 15) is 9.59 Å². The van der Waals surface area contributed by atoms with Crippen LogP contribution >= 0.6 is 15.9 Å². The highest BCUT2D eigenvalue weighted by Crippen LogP contribution is 2.32. The second-order valence-corrected chi connectivity index (χ2v) is 7.32. The Morgan fingerprint density at radius 2 is 2.07 bits per heavy atom. The highest BCUT2D eigenvalue weighted by molar-refractivity contribution is 9.10. The molecule has 7 heteroatoms. The Kier molecular flexibility index (Phi) is 6.00. The molecule has 1 aliphatic heterocycles. The van der Waals surface area contributed by atoms with Crippen LogP contribution in [0.5, 0.6) is 11.5 Å². The number of ether oxygens (including phenoxy) is 2. The summed E-state index contributed by atoms with van der Waals surface area (Å²) in [6.45, 7) is 4.38. The lowest BCUT2D eigenvalue weighted by molar-refractivity contribution is -0.139. The molecular weight excluding hydrogens is 424 g/mol. The van der Waals surface area contributed by atoms with Crippen molar-refractivity contribution in [2.45, 2.75) is 20.3 Å². The van der Waals surface area contributed by atoms with Gasteiger partial charge in [-0.3, -0.25) is 9.59 Å². The molecule has 1 heterocycles. The lowest BCUT2D eigenvalue weighted by Crippen LogP contribution is -2.27. The summed E-state index contributed by atoms with van der Waals surface area (Å²) < 4.78 is 11.9. The van der Waals surface area contributed by atoms with Gasteiger partial charge in [-0.1, -0.05) is 15.9 Å². The molecule has 0 spiro atoms. The van der Waals surface area contributed by atoms with Crippen molar-refractivity contribution < 1.29 is 19.1 Å². The molecule has 0 radical (unpaired) electrons. The zero-order valence-electron chi connectivity index (χ0n) is 15.6. The molecule has 1 fully saturated rings. The Labute approximate surface area is 171 Å². The molecule has 2 aromatic rings. The van der Waals surface area contributed by atoms with Crippen LogP contribution < -0.4 is 14.4 Å². The summed E-state index contributed by atoms with van der Waals surface area (Å²) in [4.78, 5) is 26.7. The topological polar surface area (TPSA) is 79.6 Å². The quantitative estimate of drug-likeness (QED) is 0.516. The molecule has 3 rings (SSSR count). The van der Waals surface area contributed by atoms with Gasteiger partial charge in [-0.25, -0.2) is 0 Å². The van der Waals surface area contributed by atoms with Gasteiger partial charge >= 0.3 is 5.97 Å². The van der Waals surface area contributed by atoms with Crippen molar-refractivity contribution in [2.75, 3.05) is 18.1 Å². The van der Waals surface area contributed by atoms with E-state index in [1.165, 1.54) is 12.1 Å². The Morgan fingerprint density at radius 1 is 1.29 bits per heavy atom. The summed E-state index contributed by atoms with van der Waals surface area (Å²) in [7, 11) is 0. The monoisotopic (exact) mass is 442 g/mol. The maximum atomic E-state index is 12.6. The van der Waals surface area contributed by atoms with E-state index in [1.807, 2.05) is 31.2 Å². The van der Waals surface area contributed by atoms with E-state index in [2.05, 4.69) is 15.9 Å². The van der Waals surface area contributed by atoms with E-state index in [-0.39, 0.29) is 24.6 Å².